The molecule has 0 radical (unpaired) electrons. The molecule has 0 amide bonds. The number of nitrogens with zero attached hydrogens (tertiary/aromatic N) is 5. The van der Waals surface area contributed by atoms with Crippen molar-refractivity contribution >= 4 is 17.0 Å². The van der Waals surface area contributed by atoms with Crippen LogP contribution in [0.3, 0.4) is 0 Å². The lowest BCUT2D eigenvalue weighted by Gasteiger charge is -2.27. The summed E-state index contributed by atoms with van der Waals surface area (Å²) in [5, 5.41) is 9.50. The van der Waals surface area contributed by atoms with Gasteiger partial charge in [-0.2, -0.15) is 0 Å². The normalized spacial score (nSPS) is 13.9. The Morgan fingerprint density at radius 1 is 1.00 bits per heavy atom. The molecule has 0 saturated carbocycles. The van der Waals surface area contributed by atoms with Crippen molar-refractivity contribution in [1.29, 1.82) is 0 Å². The fraction of sp³-hybridized carbons (Fsp3) is 0.211. The van der Waals surface area contributed by atoms with Crippen LogP contribution in [-0.4, -0.2) is 47.9 Å². The Bertz CT molecular complexity index is 2330. The average molecular weight is 678 g/mol. The van der Waals surface area contributed by atoms with Gasteiger partial charge in [0.05, 0.1) is 41.1 Å². The van der Waals surface area contributed by atoms with E-state index in [9.17, 15) is 14.3 Å². The highest BCUT2D eigenvalue weighted by atomic mass is 19.1. The van der Waals surface area contributed by atoms with Gasteiger partial charge in [-0.1, -0.05) is 18.1 Å². The molecule has 4 heterocycles. The molecule has 1 saturated heterocycles. The van der Waals surface area contributed by atoms with Gasteiger partial charge in [-0.05, 0) is 73.4 Å². The lowest BCUT2D eigenvalue weighted by atomic mass is 10.0. The van der Waals surface area contributed by atoms with Gasteiger partial charge in [0.2, 0.25) is 5.88 Å². The summed E-state index contributed by atoms with van der Waals surface area (Å²) in [4.78, 5) is 24.8. The largest absolute Gasteiger partial charge is 0.478 e. The van der Waals surface area contributed by atoms with E-state index in [0.717, 1.165) is 24.4 Å². The monoisotopic (exact) mass is 677 g/mol. The number of carboxylic acids is 1. The van der Waals surface area contributed by atoms with Crippen LogP contribution < -0.4 is 4.74 Å². The Hall–Kier alpha value is -5.93. The molecule has 1 atom stereocenters. The molecule has 3 aromatic heterocycles. The third kappa shape index (κ3) is 6.68. The van der Waals surface area contributed by atoms with Crippen LogP contribution in [0.25, 0.3) is 22.3 Å². The molecule has 0 unspecified atom stereocenters. The second kappa shape index (κ2) is 13.5. The lowest BCUT2D eigenvalue weighted by molar-refractivity contribution is -0.0589. The minimum atomic E-state index is -1.08. The zero-order valence-corrected chi connectivity index (χ0v) is 27.1. The number of carboxylic acid groups (broad SMARTS) is 1. The number of carbonyl (C=O) groups is 1. The molecule has 252 valence electrons. The van der Waals surface area contributed by atoms with Crippen LogP contribution in [-0.2, 0) is 31.4 Å². The highest BCUT2D eigenvalue weighted by molar-refractivity contribution is 5.92. The molecule has 1 N–H and O–H groups in total. The first-order valence-electron chi connectivity index (χ1n) is 15.8. The summed E-state index contributed by atoms with van der Waals surface area (Å²) in [5.74, 6) is 4.35. The predicted octanol–water partition coefficient (Wildman–Crippen LogP) is 6.61. The van der Waals surface area contributed by atoms with E-state index in [4.69, 9.17) is 9.47 Å². The molecule has 7 rings (SSSR count). The third-order valence-corrected chi connectivity index (χ3v) is 8.72. The number of pyridine rings is 1. The summed E-state index contributed by atoms with van der Waals surface area (Å²) in [6.07, 6.45) is 2.36. The van der Waals surface area contributed by atoms with E-state index in [1.54, 1.807) is 36.5 Å². The van der Waals surface area contributed by atoms with Crippen molar-refractivity contribution in [3.8, 4) is 29.0 Å². The second-order valence-electron chi connectivity index (χ2n) is 12.0. The predicted molar refractivity (Wildman–Crippen MR) is 178 cm³/mol. The van der Waals surface area contributed by atoms with Crippen molar-refractivity contribution in [2.75, 3.05) is 6.61 Å². The highest BCUT2D eigenvalue weighted by Crippen LogP contribution is 2.29. The fourth-order valence-corrected chi connectivity index (χ4v) is 5.66. The topological polar surface area (TPSA) is 104 Å². The summed E-state index contributed by atoms with van der Waals surface area (Å²) < 4.78 is 61.1. The Morgan fingerprint density at radius 3 is 2.54 bits per heavy atom. The van der Waals surface area contributed by atoms with Gasteiger partial charge < -0.3 is 23.7 Å². The first kappa shape index (κ1) is 32.6. The van der Waals surface area contributed by atoms with E-state index in [-0.39, 0.29) is 53.0 Å². The van der Waals surface area contributed by atoms with E-state index in [2.05, 4.69) is 26.8 Å². The number of aromatic nitrogens is 5. The van der Waals surface area contributed by atoms with Crippen molar-refractivity contribution in [2.24, 2.45) is 7.05 Å². The number of benzene rings is 3. The number of aryl methyl sites for hydroxylation is 1. The van der Waals surface area contributed by atoms with Gasteiger partial charge >= 0.3 is 5.97 Å². The van der Waals surface area contributed by atoms with Gasteiger partial charge in [-0.3, -0.25) is 0 Å². The first-order chi connectivity index (χ1) is 24.1. The summed E-state index contributed by atoms with van der Waals surface area (Å²) >= 11 is 0. The summed E-state index contributed by atoms with van der Waals surface area (Å²) in [7, 11) is 1.85. The van der Waals surface area contributed by atoms with E-state index in [1.807, 2.05) is 23.1 Å². The maximum absolute atomic E-state index is 15.6. The maximum atomic E-state index is 15.6. The van der Waals surface area contributed by atoms with Crippen LogP contribution in [0.5, 0.6) is 5.88 Å². The van der Waals surface area contributed by atoms with Crippen molar-refractivity contribution < 1.29 is 32.5 Å². The second-order valence-corrected chi connectivity index (χ2v) is 12.0. The molecule has 0 aliphatic carbocycles. The van der Waals surface area contributed by atoms with Gasteiger partial charge in [-0.15, -0.1) is 0 Å². The quantitative estimate of drug-likeness (QED) is 0.172. The van der Waals surface area contributed by atoms with Crippen molar-refractivity contribution in [2.45, 2.75) is 39.0 Å². The number of hydrogen-bond donors (Lipinski definition) is 1. The molecule has 1 aliphatic rings. The molecular formula is C38H30F3N5O4. The Kier molecular flexibility index (Phi) is 8.82. The molecular weight excluding hydrogens is 647 g/mol. The third-order valence-electron chi connectivity index (χ3n) is 8.72. The molecule has 0 spiro atoms. The average Bonchev–Trinajstić information content (AvgIpc) is 3.59. The molecule has 6 aromatic rings. The number of imidazole rings is 2. The van der Waals surface area contributed by atoms with Crippen LogP contribution in [0, 0.1) is 36.2 Å². The van der Waals surface area contributed by atoms with Crippen molar-refractivity contribution in [1.82, 2.24) is 24.1 Å². The van der Waals surface area contributed by atoms with Crippen LogP contribution in [0.1, 0.15) is 50.8 Å². The molecule has 12 heteroatoms. The van der Waals surface area contributed by atoms with Crippen molar-refractivity contribution in [3.63, 3.8) is 0 Å². The highest BCUT2D eigenvalue weighted by Gasteiger charge is 2.24. The molecule has 50 heavy (non-hydrogen) atoms. The van der Waals surface area contributed by atoms with Crippen LogP contribution in [0.4, 0.5) is 13.2 Å². The number of halogens is 3. The van der Waals surface area contributed by atoms with E-state index in [1.165, 1.54) is 24.3 Å². The Labute approximate surface area is 285 Å². The SMILES string of the molecule is Cc1ncc(C#Cc2ccc(COc3cccc(-c4cc(F)c(Cc5nc6ccc(C(=O)O)cc6n5C[C@@H]5CCO5)cc4F)n3)c(F)c2)n1C. The minimum absolute atomic E-state index is 0.0393. The molecule has 3 aromatic carbocycles. The van der Waals surface area contributed by atoms with E-state index >= 15 is 8.78 Å². The van der Waals surface area contributed by atoms with Gasteiger partial charge in [0.15, 0.2) is 0 Å². The van der Waals surface area contributed by atoms with Gasteiger partial charge in [0.25, 0.3) is 0 Å². The number of ether oxygens (including phenoxy) is 2. The Morgan fingerprint density at radius 2 is 1.82 bits per heavy atom. The van der Waals surface area contributed by atoms with Gasteiger partial charge in [0.1, 0.15) is 41.4 Å². The summed E-state index contributed by atoms with van der Waals surface area (Å²) in [6.45, 7) is 2.75. The van der Waals surface area contributed by atoms with Crippen LogP contribution in [0.2, 0.25) is 0 Å². The summed E-state index contributed by atoms with van der Waals surface area (Å²) in [6, 6.07) is 16.0. The smallest absolute Gasteiger partial charge is 0.335 e. The van der Waals surface area contributed by atoms with Crippen LogP contribution >= 0.6 is 0 Å². The number of aromatic carboxylic acids is 1. The number of fused-ring (bicyclic) bond motifs is 1. The molecule has 0 bridgehead atoms. The van der Waals surface area contributed by atoms with E-state index < -0.39 is 23.4 Å². The lowest BCUT2D eigenvalue weighted by Crippen LogP contribution is -2.31. The number of hydrogen-bond acceptors (Lipinski definition) is 6. The van der Waals surface area contributed by atoms with Crippen molar-refractivity contribution in [3.05, 3.63) is 130 Å². The first-order valence-corrected chi connectivity index (χ1v) is 15.8. The molecule has 9 nitrogen and oxygen atoms in total. The van der Waals surface area contributed by atoms with Crippen LogP contribution in [0.15, 0.2) is 72.9 Å². The van der Waals surface area contributed by atoms with E-state index in [0.29, 0.717) is 41.3 Å². The summed E-state index contributed by atoms with van der Waals surface area (Å²) in [5.41, 5.74) is 2.83. The Balaban J connectivity index is 1.08. The van der Waals surface area contributed by atoms with Gasteiger partial charge in [0, 0.05) is 42.8 Å². The van der Waals surface area contributed by atoms with Gasteiger partial charge in [-0.25, -0.2) is 32.9 Å². The molecule has 1 aliphatic heterocycles. The zero-order valence-electron chi connectivity index (χ0n) is 27.1. The minimum Gasteiger partial charge on any atom is -0.478 e. The maximum Gasteiger partial charge on any atom is 0.335 e. The number of rotatable bonds is 9. The zero-order chi connectivity index (χ0) is 34.9. The standard InChI is InChI=1S/C38H30F3N5O4/c1-22-42-19-27(45(22)2)10-7-23-6-8-25(30(39)14-23)21-50-37-5-3-4-33(44-37)29-18-31(40)26(15-32(29)41)17-36-43-34-11-9-24(38(47)48)16-35(34)46(36)20-28-12-13-49-28/h3-6,8-9,11,14-16,18-19,28H,12-13,17,20-21H2,1-2H3,(H,47,48)/t28-/m0/s1. The fourth-order valence-electron chi connectivity index (χ4n) is 5.66. The molecule has 1 fully saturated rings.